The van der Waals surface area contributed by atoms with Gasteiger partial charge in [-0.25, -0.2) is 4.98 Å². The van der Waals surface area contributed by atoms with Crippen molar-refractivity contribution in [1.29, 1.82) is 0 Å². The number of nitrogens with one attached hydrogen (secondary N) is 1. The lowest BCUT2D eigenvalue weighted by Gasteiger charge is -2.40. The van der Waals surface area contributed by atoms with Gasteiger partial charge in [0.15, 0.2) is 0 Å². The van der Waals surface area contributed by atoms with Gasteiger partial charge in [0.1, 0.15) is 5.01 Å². The molecule has 2 unspecified atom stereocenters. The first-order valence-corrected chi connectivity index (χ1v) is 5.83. The smallest absolute Gasteiger partial charge is 0.313 e. The monoisotopic (exact) mass is 251 g/mol. The summed E-state index contributed by atoms with van der Waals surface area (Å²) in [4.78, 5) is 4.56. The molecule has 16 heavy (non-hydrogen) atoms. The second-order valence-electron chi connectivity index (χ2n) is 3.77. The molecule has 90 valence electrons. The Bertz CT molecular complexity index is 338. The summed E-state index contributed by atoms with van der Waals surface area (Å²) in [6.07, 6.45) is -2.77. The van der Waals surface area contributed by atoms with Gasteiger partial charge >= 0.3 is 6.30 Å². The van der Waals surface area contributed by atoms with Gasteiger partial charge in [-0.1, -0.05) is 0 Å². The highest BCUT2D eigenvalue weighted by molar-refractivity contribution is 7.09. The van der Waals surface area contributed by atoms with E-state index < -0.39 is 18.4 Å². The lowest BCUT2D eigenvalue weighted by Crippen LogP contribution is -2.57. The Hall–Kier alpha value is -0.660. The average molecular weight is 251 g/mol. The second-order valence-corrected chi connectivity index (χ2v) is 4.69. The van der Waals surface area contributed by atoms with Crippen LogP contribution in [-0.4, -0.2) is 35.3 Å². The van der Waals surface area contributed by atoms with Crippen LogP contribution < -0.4 is 5.32 Å². The fraction of sp³-hybridized carbons (Fsp3) is 0.667. The molecule has 2 heterocycles. The van der Waals surface area contributed by atoms with Crippen LogP contribution in [0.15, 0.2) is 11.6 Å². The zero-order chi connectivity index (χ0) is 11.8. The van der Waals surface area contributed by atoms with Crippen LogP contribution >= 0.6 is 11.3 Å². The summed E-state index contributed by atoms with van der Waals surface area (Å²) < 4.78 is 38.7. The lowest BCUT2D eigenvalue weighted by molar-refractivity contribution is -0.275. The molecular weight excluding hydrogens is 239 g/mol. The van der Waals surface area contributed by atoms with Crippen LogP contribution in [0.1, 0.15) is 18.0 Å². The molecule has 1 aromatic heterocycles. The molecule has 0 aromatic carbocycles. The molecule has 1 saturated heterocycles. The molecule has 0 spiro atoms. The normalized spacial score (nSPS) is 28.2. The minimum Gasteiger partial charge on any atom is -0.313 e. The largest absolute Gasteiger partial charge is 0.460 e. The van der Waals surface area contributed by atoms with Gasteiger partial charge in [0.25, 0.3) is 0 Å². The number of rotatable bonds is 1. The van der Waals surface area contributed by atoms with E-state index in [0.717, 1.165) is 0 Å². The van der Waals surface area contributed by atoms with Crippen LogP contribution in [0.4, 0.5) is 13.2 Å². The number of alkyl halides is 3. The van der Waals surface area contributed by atoms with Crippen LogP contribution in [0.2, 0.25) is 0 Å². The molecule has 2 rings (SSSR count). The predicted octanol–water partition coefficient (Wildman–Crippen LogP) is 2.00. The average Bonchev–Trinajstić information content (AvgIpc) is 2.67. The molecule has 0 bridgehead atoms. The van der Waals surface area contributed by atoms with Crippen molar-refractivity contribution in [2.75, 3.05) is 13.1 Å². The van der Waals surface area contributed by atoms with E-state index >= 15 is 0 Å². The summed E-state index contributed by atoms with van der Waals surface area (Å²) in [5, 5.41) is 5.21. The number of aromatic nitrogens is 1. The number of halogens is 3. The van der Waals surface area contributed by atoms with Crippen molar-refractivity contribution >= 4 is 11.3 Å². The van der Waals surface area contributed by atoms with Crippen LogP contribution in [0, 0.1) is 0 Å². The van der Waals surface area contributed by atoms with Gasteiger partial charge in [0, 0.05) is 30.7 Å². The van der Waals surface area contributed by atoms with Crippen molar-refractivity contribution in [3.05, 3.63) is 16.6 Å². The standard InChI is InChI=1S/C9H12F3N3S/c1-6-4-13-5-7(8-14-2-3-16-8)15(6)9(10,11)12/h2-3,6-7,13H,4-5H2,1H3. The molecule has 7 heteroatoms. The maximum Gasteiger partial charge on any atom is 0.460 e. The van der Waals surface area contributed by atoms with Crippen molar-refractivity contribution in [3.8, 4) is 0 Å². The van der Waals surface area contributed by atoms with Crippen molar-refractivity contribution in [2.45, 2.75) is 25.3 Å². The molecular formula is C9H12F3N3S. The third-order valence-electron chi connectivity index (χ3n) is 2.62. The van der Waals surface area contributed by atoms with Gasteiger partial charge in [-0.2, -0.15) is 18.1 Å². The van der Waals surface area contributed by atoms with Gasteiger partial charge in [0.05, 0.1) is 6.04 Å². The van der Waals surface area contributed by atoms with E-state index in [0.29, 0.717) is 16.5 Å². The highest BCUT2D eigenvalue weighted by Crippen LogP contribution is 2.36. The lowest BCUT2D eigenvalue weighted by atomic mass is 10.1. The summed E-state index contributed by atoms with van der Waals surface area (Å²) in [5.41, 5.74) is 0. The third-order valence-corrected chi connectivity index (χ3v) is 3.49. The van der Waals surface area contributed by atoms with Crippen molar-refractivity contribution in [1.82, 2.24) is 15.2 Å². The summed E-state index contributed by atoms with van der Waals surface area (Å²) in [7, 11) is 0. The van der Waals surface area contributed by atoms with Gasteiger partial charge in [0.2, 0.25) is 0 Å². The summed E-state index contributed by atoms with van der Waals surface area (Å²) in [6.45, 7) is 2.21. The first kappa shape index (κ1) is 11.8. The minimum atomic E-state index is -4.31. The van der Waals surface area contributed by atoms with Crippen molar-refractivity contribution in [3.63, 3.8) is 0 Å². The topological polar surface area (TPSA) is 28.2 Å². The van der Waals surface area contributed by atoms with E-state index in [1.165, 1.54) is 17.5 Å². The minimum absolute atomic E-state index is 0.289. The first-order valence-electron chi connectivity index (χ1n) is 4.95. The van der Waals surface area contributed by atoms with Crippen LogP contribution in [0.25, 0.3) is 0 Å². The number of piperazine rings is 1. The Morgan fingerprint density at radius 2 is 2.25 bits per heavy atom. The number of nitrogens with zero attached hydrogens (tertiary/aromatic N) is 2. The quantitative estimate of drug-likeness (QED) is 0.774. The Kier molecular flexibility index (Phi) is 3.18. The molecule has 1 fully saturated rings. The van der Waals surface area contributed by atoms with E-state index in [4.69, 9.17) is 0 Å². The first-order chi connectivity index (χ1) is 7.50. The Morgan fingerprint density at radius 1 is 1.50 bits per heavy atom. The molecule has 3 nitrogen and oxygen atoms in total. The molecule has 2 atom stereocenters. The van der Waals surface area contributed by atoms with E-state index in [1.54, 1.807) is 12.3 Å². The zero-order valence-corrected chi connectivity index (χ0v) is 9.48. The highest BCUT2D eigenvalue weighted by atomic mass is 32.1. The van der Waals surface area contributed by atoms with E-state index in [9.17, 15) is 13.2 Å². The summed E-state index contributed by atoms with van der Waals surface area (Å²) in [6, 6.07) is -1.27. The number of hydrogen-bond donors (Lipinski definition) is 1. The second kappa shape index (κ2) is 4.31. The number of thiazole rings is 1. The molecule has 1 aliphatic rings. The van der Waals surface area contributed by atoms with Gasteiger partial charge in [-0.3, -0.25) is 0 Å². The van der Waals surface area contributed by atoms with E-state index in [1.807, 2.05) is 0 Å². The Balaban J connectivity index is 2.27. The summed E-state index contributed by atoms with van der Waals surface area (Å²) in [5.74, 6) is 0. The fourth-order valence-corrected chi connectivity index (χ4v) is 2.70. The zero-order valence-electron chi connectivity index (χ0n) is 8.66. The molecule has 1 N–H and O–H groups in total. The summed E-state index contributed by atoms with van der Waals surface area (Å²) >= 11 is 1.26. The van der Waals surface area contributed by atoms with Gasteiger partial charge in [-0.15, -0.1) is 11.3 Å². The van der Waals surface area contributed by atoms with Crippen molar-refractivity contribution < 1.29 is 13.2 Å². The Morgan fingerprint density at radius 3 is 2.81 bits per heavy atom. The molecule has 0 radical (unpaired) electrons. The highest BCUT2D eigenvalue weighted by Gasteiger charge is 2.47. The predicted molar refractivity (Wildman–Crippen MR) is 55.1 cm³/mol. The SMILES string of the molecule is CC1CNCC(c2nccs2)N1C(F)(F)F. The molecule has 1 aromatic rings. The third kappa shape index (κ3) is 2.21. The maximum absolute atomic E-state index is 12.9. The Labute approximate surface area is 95.3 Å². The maximum atomic E-state index is 12.9. The van der Waals surface area contributed by atoms with Gasteiger partial charge in [-0.05, 0) is 6.92 Å². The molecule has 0 amide bonds. The number of hydrogen-bond acceptors (Lipinski definition) is 4. The van der Waals surface area contributed by atoms with Gasteiger partial charge < -0.3 is 5.32 Å². The van der Waals surface area contributed by atoms with E-state index in [-0.39, 0.29) is 6.54 Å². The van der Waals surface area contributed by atoms with Crippen LogP contribution in [0.3, 0.4) is 0 Å². The fourth-order valence-electron chi connectivity index (χ4n) is 1.96. The molecule has 0 aliphatic carbocycles. The molecule has 0 saturated carbocycles. The van der Waals surface area contributed by atoms with Crippen molar-refractivity contribution in [2.24, 2.45) is 0 Å². The van der Waals surface area contributed by atoms with E-state index in [2.05, 4.69) is 10.3 Å². The molecule has 1 aliphatic heterocycles. The van der Waals surface area contributed by atoms with Crippen LogP contribution in [-0.2, 0) is 0 Å². The van der Waals surface area contributed by atoms with Crippen LogP contribution in [0.5, 0.6) is 0 Å².